The molecule has 2 atom stereocenters. The van der Waals surface area contributed by atoms with Crippen LogP contribution >= 0.6 is 15.9 Å². The largest absolute Gasteiger partial charge is 0.348 e. The number of ketones is 2. The monoisotopic (exact) mass is 323 g/mol. The number of carbonyl (C=O) groups is 3. The number of Topliss-reactive ketones (excluding diaryl/α,β-unsaturated/α-hetero) is 2. The van der Waals surface area contributed by atoms with E-state index in [-0.39, 0.29) is 18.2 Å². The zero-order valence-corrected chi connectivity index (χ0v) is 12.3. The van der Waals surface area contributed by atoms with Crippen LogP contribution in [-0.2, 0) is 14.4 Å². The van der Waals surface area contributed by atoms with Gasteiger partial charge in [-0.25, -0.2) is 0 Å². The summed E-state index contributed by atoms with van der Waals surface area (Å²) in [5.74, 6) is -2.35. The van der Waals surface area contributed by atoms with Crippen molar-refractivity contribution < 1.29 is 14.4 Å². The van der Waals surface area contributed by atoms with Gasteiger partial charge in [0.15, 0.2) is 11.7 Å². The highest BCUT2D eigenvalue weighted by Gasteiger charge is 2.38. The minimum Gasteiger partial charge on any atom is -0.348 e. The van der Waals surface area contributed by atoms with Crippen molar-refractivity contribution in [3.63, 3.8) is 0 Å². The molecule has 0 aliphatic carbocycles. The maximum Gasteiger partial charge on any atom is 0.238 e. The number of aryl methyl sites for hydroxylation is 1. The molecule has 1 aliphatic heterocycles. The first-order chi connectivity index (χ1) is 8.90. The van der Waals surface area contributed by atoms with E-state index in [1.165, 1.54) is 6.92 Å². The zero-order valence-electron chi connectivity index (χ0n) is 10.7. The van der Waals surface area contributed by atoms with Crippen LogP contribution in [0.4, 0.5) is 0 Å². The van der Waals surface area contributed by atoms with Crippen molar-refractivity contribution in [3.05, 3.63) is 33.8 Å². The molecule has 100 valence electrons. The minimum absolute atomic E-state index is 0.150. The Kier molecular flexibility index (Phi) is 3.85. The van der Waals surface area contributed by atoms with Gasteiger partial charge in [0, 0.05) is 10.9 Å². The van der Waals surface area contributed by atoms with Crippen LogP contribution in [0.1, 0.15) is 30.5 Å². The molecule has 4 nitrogen and oxygen atoms in total. The van der Waals surface area contributed by atoms with Crippen molar-refractivity contribution in [2.45, 2.75) is 26.3 Å². The zero-order chi connectivity index (χ0) is 14.2. The minimum atomic E-state index is -1.14. The summed E-state index contributed by atoms with van der Waals surface area (Å²) in [6.07, 6.45) is 0.150. The molecule has 0 bridgehead atoms. The molecule has 5 heteroatoms. The summed E-state index contributed by atoms with van der Waals surface area (Å²) >= 11 is 3.44. The van der Waals surface area contributed by atoms with E-state index in [0.717, 1.165) is 15.6 Å². The third kappa shape index (κ3) is 2.76. The maximum absolute atomic E-state index is 11.9. The molecule has 1 amide bonds. The lowest BCUT2D eigenvalue weighted by molar-refractivity contribution is -0.143. The smallest absolute Gasteiger partial charge is 0.238 e. The molecule has 1 saturated heterocycles. The van der Waals surface area contributed by atoms with Crippen LogP contribution in [0.2, 0.25) is 0 Å². The molecule has 0 spiro atoms. The Labute approximate surface area is 119 Å². The van der Waals surface area contributed by atoms with Gasteiger partial charge in [0.05, 0.1) is 6.04 Å². The highest BCUT2D eigenvalue weighted by Crippen LogP contribution is 2.30. The fraction of sp³-hybridized carbons (Fsp3) is 0.357. The van der Waals surface area contributed by atoms with Crippen LogP contribution in [0, 0.1) is 12.8 Å². The number of benzene rings is 1. The van der Waals surface area contributed by atoms with Crippen molar-refractivity contribution in [2.24, 2.45) is 5.92 Å². The lowest BCUT2D eigenvalue weighted by atomic mass is 9.87. The van der Waals surface area contributed by atoms with Crippen LogP contribution < -0.4 is 5.32 Å². The topological polar surface area (TPSA) is 63.2 Å². The summed E-state index contributed by atoms with van der Waals surface area (Å²) in [5.41, 5.74) is 1.94. The van der Waals surface area contributed by atoms with Gasteiger partial charge < -0.3 is 5.32 Å². The van der Waals surface area contributed by atoms with Gasteiger partial charge in [0.25, 0.3) is 0 Å². The molecule has 1 aliphatic rings. The van der Waals surface area contributed by atoms with Crippen LogP contribution in [0.15, 0.2) is 22.7 Å². The fourth-order valence-corrected chi connectivity index (χ4v) is 3.05. The van der Waals surface area contributed by atoms with Gasteiger partial charge in [0.1, 0.15) is 5.78 Å². The summed E-state index contributed by atoms with van der Waals surface area (Å²) in [4.78, 5) is 35.0. The molecule has 0 saturated carbocycles. The summed E-state index contributed by atoms with van der Waals surface area (Å²) < 4.78 is 0.854. The summed E-state index contributed by atoms with van der Waals surface area (Å²) in [5, 5.41) is 2.74. The fourth-order valence-electron chi connectivity index (χ4n) is 2.29. The number of nitrogens with one attached hydrogen (secondary N) is 1. The van der Waals surface area contributed by atoms with Crippen LogP contribution in [0.5, 0.6) is 0 Å². The molecule has 0 radical (unpaired) electrons. The van der Waals surface area contributed by atoms with E-state index in [0.29, 0.717) is 0 Å². The molecule has 1 N–H and O–H groups in total. The summed E-state index contributed by atoms with van der Waals surface area (Å²) in [6, 6.07) is 5.37. The second-order valence-corrected chi connectivity index (χ2v) is 5.65. The molecular formula is C14H14BrNO3. The highest BCUT2D eigenvalue weighted by atomic mass is 79.9. The maximum atomic E-state index is 11.9. The highest BCUT2D eigenvalue weighted by molar-refractivity contribution is 9.10. The third-order valence-corrected chi connectivity index (χ3v) is 3.93. The third-order valence-electron chi connectivity index (χ3n) is 3.24. The van der Waals surface area contributed by atoms with Gasteiger partial charge in [-0.2, -0.15) is 0 Å². The van der Waals surface area contributed by atoms with Gasteiger partial charge in [0.2, 0.25) is 5.91 Å². The Morgan fingerprint density at radius 3 is 2.58 bits per heavy atom. The summed E-state index contributed by atoms with van der Waals surface area (Å²) in [6.45, 7) is 3.23. The van der Waals surface area contributed by atoms with E-state index >= 15 is 0 Å². The molecule has 1 unspecified atom stereocenters. The van der Waals surface area contributed by atoms with Gasteiger partial charge in [-0.05, 0) is 31.0 Å². The summed E-state index contributed by atoms with van der Waals surface area (Å²) in [7, 11) is 0. The molecule has 0 aromatic heterocycles. The van der Waals surface area contributed by atoms with Crippen molar-refractivity contribution >= 4 is 33.4 Å². The average molecular weight is 324 g/mol. The Morgan fingerprint density at radius 1 is 1.37 bits per heavy atom. The number of hydrogen-bond acceptors (Lipinski definition) is 3. The van der Waals surface area contributed by atoms with E-state index in [9.17, 15) is 14.4 Å². The predicted molar refractivity (Wildman–Crippen MR) is 73.6 cm³/mol. The van der Waals surface area contributed by atoms with Crippen LogP contribution in [-0.4, -0.2) is 17.5 Å². The molecular weight excluding hydrogens is 310 g/mol. The lowest BCUT2D eigenvalue weighted by Crippen LogP contribution is -2.47. The Hall–Kier alpha value is -1.49. The predicted octanol–water partition coefficient (Wildman–Crippen LogP) is 2.09. The van der Waals surface area contributed by atoms with Gasteiger partial charge in [-0.1, -0.05) is 28.1 Å². The molecule has 19 heavy (non-hydrogen) atoms. The Bertz CT molecular complexity index is 550. The second-order valence-electron chi connectivity index (χ2n) is 4.80. The van der Waals surface area contributed by atoms with Gasteiger partial charge in [-0.3, -0.25) is 14.4 Å². The number of halogens is 1. The second kappa shape index (κ2) is 5.25. The average Bonchev–Trinajstić information content (AvgIpc) is 2.26. The molecule has 1 aromatic rings. The van der Waals surface area contributed by atoms with Crippen molar-refractivity contribution in [3.8, 4) is 0 Å². The first-order valence-corrected chi connectivity index (χ1v) is 6.79. The quantitative estimate of drug-likeness (QED) is 0.848. The van der Waals surface area contributed by atoms with E-state index < -0.39 is 17.6 Å². The SMILES string of the molecule is CC(=O)C1C(=O)C[C@H](c2ccc(C)cc2Br)NC1=O. The standard InChI is InChI=1S/C14H14BrNO3/c1-7-3-4-9(10(15)5-7)11-6-12(18)13(8(2)17)14(19)16-11/h3-5,11,13H,6H2,1-2H3,(H,16,19)/t11-,13?/m1/s1. The van der Waals surface area contributed by atoms with E-state index in [4.69, 9.17) is 0 Å². The number of amides is 1. The van der Waals surface area contributed by atoms with Crippen LogP contribution in [0.25, 0.3) is 0 Å². The van der Waals surface area contributed by atoms with Crippen LogP contribution in [0.3, 0.4) is 0 Å². The first kappa shape index (κ1) is 13.9. The Morgan fingerprint density at radius 2 is 2.05 bits per heavy atom. The van der Waals surface area contributed by atoms with Gasteiger partial charge in [-0.15, -0.1) is 0 Å². The number of carbonyl (C=O) groups excluding carboxylic acids is 3. The Balaban J connectivity index is 2.28. The molecule has 1 aromatic carbocycles. The first-order valence-electron chi connectivity index (χ1n) is 5.99. The van der Waals surface area contributed by atoms with Crippen molar-refractivity contribution in [2.75, 3.05) is 0 Å². The lowest BCUT2D eigenvalue weighted by Gasteiger charge is -2.28. The normalized spacial score (nSPS) is 23.1. The van der Waals surface area contributed by atoms with E-state index in [1.54, 1.807) is 0 Å². The van der Waals surface area contributed by atoms with E-state index in [1.807, 2.05) is 25.1 Å². The van der Waals surface area contributed by atoms with Gasteiger partial charge >= 0.3 is 0 Å². The van der Waals surface area contributed by atoms with Crippen molar-refractivity contribution in [1.82, 2.24) is 5.32 Å². The molecule has 1 fully saturated rings. The van der Waals surface area contributed by atoms with E-state index in [2.05, 4.69) is 21.2 Å². The number of rotatable bonds is 2. The number of piperidine rings is 1. The molecule has 1 heterocycles. The van der Waals surface area contributed by atoms with Crippen molar-refractivity contribution in [1.29, 1.82) is 0 Å². The molecule has 2 rings (SSSR count). The number of hydrogen-bond donors (Lipinski definition) is 1.